The molecule has 0 aliphatic heterocycles. The quantitative estimate of drug-likeness (QED) is 0.686. The van der Waals surface area contributed by atoms with Gasteiger partial charge in [-0.15, -0.1) is 0 Å². The van der Waals surface area contributed by atoms with Gasteiger partial charge in [-0.1, -0.05) is 36.2 Å². The van der Waals surface area contributed by atoms with Crippen LogP contribution in [0.4, 0.5) is 0 Å². The van der Waals surface area contributed by atoms with Crippen LogP contribution in [0.15, 0.2) is 18.2 Å². The molecule has 2 nitrogen and oxygen atoms in total. The van der Waals surface area contributed by atoms with Gasteiger partial charge < -0.3 is 10.1 Å². The largest absolute Gasteiger partial charge is 0.382 e. The van der Waals surface area contributed by atoms with E-state index in [1.807, 2.05) is 19.1 Å². The molecule has 0 aromatic heterocycles. The van der Waals surface area contributed by atoms with Crippen LogP contribution < -0.4 is 5.32 Å². The first-order chi connectivity index (χ1) is 9.17. The predicted molar refractivity (Wildman–Crippen MR) is 83.4 cm³/mol. The van der Waals surface area contributed by atoms with Crippen molar-refractivity contribution in [2.24, 2.45) is 0 Å². The van der Waals surface area contributed by atoms with Gasteiger partial charge in [0.2, 0.25) is 0 Å². The molecule has 0 aliphatic carbocycles. The minimum atomic E-state index is 0.394. The molecule has 0 spiro atoms. The second-order valence-corrected chi connectivity index (χ2v) is 5.42. The standard InChI is InChI=1S/C15H23Cl2NO/c1-3-8-18-14(7-9-19-4-2)10-12-5-6-13(16)11-15(12)17/h5-6,11,14,18H,3-4,7-10H2,1-2H3. The van der Waals surface area contributed by atoms with E-state index in [1.54, 1.807) is 6.07 Å². The molecular formula is C15H23Cl2NO. The van der Waals surface area contributed by atoms with Crippen molar-refractivity contribution >= 4 is 23.2 Å². The first kappa shape index (κ1) is 16.8. The second-order valence-electron chi connectivity index (χ2n) is 4.58. The van der Waals surface area contributed by atoms with Crippen LogP contribution in [0.3, 0.4) is 0 Å². The number of ether oxygens (including phenoxy) is 1. The van der Waals surface area contributed by atoms with Gasteiger partial charge in [0.15, 0.2) is 0 Å². The molecule has 0 saturated heterocycles. The summed E-state index contributed by atoms with van der Waals surface area (Å²) in [5, 5.41) is 4.97. The Kier molecular flexibility index (Phi) is 8.47. The summed E-state index contributed by atoms with van der Waals surface area (Å²) in [5.74, 6) is 0. The number of benzene rings is 1. The Labute approximate surface area is 126 Å². The van der Waals surface area contributed by atoms with Crippen LogP contribution in [-0.2, 0) is 11.2 Å². The third kappa shape index (κ3) is 6.62. The summed E-state index contributed by atoms with van der Waals surface area (Å²) in [6.07, 6.45) is 3.02. The van der Waals surface area contributed by atoms with Crippen molar-refractivity contribution in [3.8, 4) is 0 Å². The van der Waals surface area contributed by atoms with Crippen molar-refractivity contribution in [2.75, 3.05) is 19.8 Å². The summed E-state index contributed by atoms with van der Waals surface area (Å²) >= 11 is 12.1. The Morgan fingerprint density at radius 3 is 2.68 bits per heavy atom. The zero-order valence-electron chi connectivity index (χ0n) is 11.7. The smallest absolute Gasteiger partial charge is 0.0480 e. The van der Waals surface area contributed by atoms with E-state index in [4.69, 9.17) is 27.9 Å². The van der Waals surface area contributed by atoms with Gasteiger partial charge in [-0.05, 0) is 50.4 Å². The molecule has 108 valence electrons. The molecule has 1 N–H and O–H groups in total. The normalized spacial score (nSPS) is 12.6. The molecule has 19 heavy (non-hydrogen) atoms. The number of halogens is 2. The number of hydrogen-bond acceptors (Lipinski definition) is 2. The molecular weight excluding hydrogens is 281 g/mol. The molecule has 1 atom stereocenters. The molecule has 1 aromatic rings. The zero-order valence-corrected chi connectivity index (χ0v) is 13.2. The minimum Gasteiger partial charge on any atom is -0.382 e. The molecule has 1 unspecified atom stereocenters. The van der Waals surface area contributed by atoms with Crippen LogP contribution >= 0.6 is 23.2 Å². The Balaban J connectivity index is 2.58. The van der Waals surface area contributed by atoms with Gasteiger partial charge in [-0.25, -0.2) is 0 Å². The molecule has 0 fully saturated rings. The van der Waals surface area contributed by atoms with E-state index in [-0.39, 0.29) is 0 Å². The lowest BCUT2D eigenvalue weighted by Crippen LogP contribution is -2.33. The number of hydrogen-bond donors (Lipinski definition) is 1. The molecule has 0 saturated carbocycles. The molecule has 0 radical (unpaired) electrons. The van der Waals surface area contributed by atoms with E-state index in [0.717, 1.165) is 49.6 Å². The van der Waals surface area contributed by atoms with Crippen molar-refractivity contribution in [3.63, 3.8) is 0 Å². The van der Waals surface area contributed by atoms with Gasteiger partial charge in [-0.3, -0.25) is 0 Å². The summed E-state index contributed by atoms with van der Waals surface area (Å²) < 4.78 is 5.44. The first-order valence-corrected chi connectivity index (χ1v) is 7.68. The third-order valence-electron chi connectivity index (χ3n) is 2.98. The van der Waals surface area contributed by atoms with Crippen molar-refractivity contribution in [1.29, 1.82) is 0 Å². The predicted octanol–water partition coefficient (Wildman–Crippen LogP) is 4.33. The van der Waals surface area contributed by atoms with E-state index in [2.05, 4.69) is 12.2 Å². The van der Waals surface area contributed by atoms with Gasteiger partial charge >= 0.3 is 0 Å². The monoisotopic (exact) mass is 303 g/mol. The molecule has 0 heterocycles. The highest BCUT2D eigenvalue weighted by atomic mass is 35.5. The van der Waals surface area contributed by atoms with Crippen LogP contribution in [-0.4, -0.2) is 25.8 Å². The first-order valence-electron chi connectivity index (χ1n) is 6.92. The topological polar surface area (TPSA) is 21.3 Å². The van der Waals surface area contributed by atoms with Crippen molar-refractivity contribution in [2.45, 2.75) is 39.2 Å². The van der Waals surface area contributed by atoms with Crippen molar-refractivity contribution in [3.05, 3.63) is 33.8 Å². The third-order valence-corrected chi connectivity index (χ3v) is 3.57. The maximum atomic E-state index is 6.23. The fourth-order valence-electron chi connectivity index (χ4n) is 1.95. The highest BCUT2D eigenvalue weighted by Gasteiger charge is 2.11. The summed E-state index contributed by atoms with van der Waals surface area (Å²) in [5.41, 5.74) is 1.14. The Hall–Kier alpha value is -0.280. The number of rotatable bonds is 9. The van der Waals surface area contributed by atoms with Crippen LogP contribution in [0.1, 0.15) is 32.3 Å². The van der Waals surface area contributed by atoms with Gasteiger partial charge in [-0.2, -0.15) is 0 Å². The lowest BCUT2D eigenvalue weighted by atomic mass is 10.0. The van der Waals surface area contributed by atoms with Gasteiger partial charge in [0, 0.05) is 29.3 Å². The highest BCUT2D eigenvalue weighted by molar-refractivity contribution is 6.35. The summed E-state index contributed by atoms with van der Waals surface area (Å²) in [7, 11) is 0. The minimum absolute atomic E-state index is 0.394. The van der Waals surface area contributed by atoms with Crippen LogP contribution in [0.5, 0.6) is 0 Å². The van der Waals surface area contributed by atoms with Crippen molar-refractivity contribution in [1.82, 2.24) is 5.32 Å². The molecule has 0 aliphatic rings. The summed E-state index contributed by atoms with van der Waals surface area (Å²) in [6, 6.07) is 6.09. The van der Waals surface area contributed by atoms with E-state index >= 15 is 0 Å². The maximum Gasteiger partial charge on any atom is 0.0480 e. The average molecular weight is 304 g/mol. The average Bonchev–Trinajstić information content (AvgIpc) is 2.39. The fourth-order valence-corrected chi connectivity index (χ4v) is 2.43. The number of nitrogens with one attached hydrogen (secondary N) is 1. The van der Waals surface area contributed by atoms with Crippen molar-refractivity contribution < 1.29 is 4.74 Å². The summed E-state index contributed by atoms with van der Waals surface area (Å²) in [4.78, 5) is 0. The van der Waals surface area contributed by atoms with Gasteiger partial charge in [0.05, 0.1) is 0 Å². The fraction of sp³-hybridized carbons (Fsp3) is 0.600. The Morgan fingerprint density at radius 2 is 2.05 bits per heavy atom. The van der Waals surface area contributed by atoms with Gasteiger partial charge in [0.1, 0.15) is 0 Å². The molecule has 1 aromatic carbocycles. The van der Waals surface area contributed by atoms with E-state index < -0.39 is 0 Å². The zero-order chi connectivity index (χ0) is 14.1. The Bertz CT molecular complexity index is 371. The maximum absolute atomic E-state index is 6.23. The van der Waals surface area contributed by atoms with Crippen LogP contribution in [0.2, 0.25) is 10.0 Å². The lowest BCUT2D eigenvalue weighted by Gasteiger charge is -2.19. The van der Waals surface area contributed by atoms with Crippen LogP contribution in [0.25, 0.3) is 0 Å². The van der Waals surface area contributed by atoms with Gasteiger partial charge in [0.25, 0.3) is 0 Å². The molecule has 0 amide bonds. The second kappa shape index (κ2) is 9.60. The Morgan fingerprint density at radius 1 is 1.26 bits per heavy atom. The summed E-state index contributed by atoms with van der Waals surface area (Å²) in [6.45, 7) is 6.75. The molecule has 0 bridgehead atoms. The van der Waals surface area contributed by atoms with E-state index in [0.29, 0.717) is 11.1 Å². The molecule has 4 heteroatoms. The highest BCUT2D eigenvalue weighted by Crippen LogP contribution is 2.22. The SMILES string of the molecule is CCCNC(CCOCC)Cc1ccc(Cl)cc1Cl. The van der Waals surface area contributed by atoms with Crippen LogP contribution in [0, 0.1) is 0 Å². The molecule has 1 rings (SSSR count). The van der Waals surface area contributed by atoms with E-state index in [1.165, 1.54) is 0 Å². The van der Waals surface area contributed by atoms with E-state index in [9.17, 15) is 0 Å². The lowest BCUT2D eigenvalue weighted by molar-refractivity contribution is 0.136.